The Morgan fingerprint density at radius 3 is 2.47 bits per heavy atom. The quantitative estimate of drug-likeness (QED) is 0.727. The molecule has 1 aromatic rings. The Morgan fingerprint density at radius 2 is 1.80 bits per heavy atom. The van der Waals surface area contributed by atoms with Gasteiger partial charge in [-0.15, -0.1) is 0 Å². The number of benzene rings is 1. The van der Waals surface area contributed by atoms with Gasteiger partial charge in [-0.1, -0.05) is 6.07 Å². The lowest BCUT2D eigenvalue weighted by Crippen LogP contribution is -2.12. The van der Waals surface area contributed by atoms with Gasteiger partial charge in [0.25, 0.3) is 0 Å². The maximum absolute atomic E-state index is 13.4. The fraction of sp³-hybridized carbons (Fsp3) is 0.500. The van der Waals surface area contributed by atoms with Crippen LogP contribution in [0.1, 0.15) is 31.2 Å². The topological polar surface area (TPSA) is 9.23 Å². The number of halogens is 2. The van der Waals surface area contributed by atoms with Gasteiger partial charge >= 0.3 is 0 Å². The van der Waals surface area contributed by atoms with Gasteiger partial charge in [0.15, 0.2) is 11.6 Å². The van der Waals surface area contributed by atoms with Gasteiger partial charge < -0.3 is 4.74 Å². The predicted octanol–water partition coefficient (Wildman–Crippen LogP) is 3.59. The van der Waals surface area contributed by atoms with Crippen molar-refractivity contribution in [3.8, 4) is 5.75 Å². The lowest BCUT2D eigenvalue weighted by atomic mass is 10.2. The molecule has 0 spiro atoms. The molecule has 0 radical (unpaired) electrons. The molecule has 15 heavy (non-hydrogen) atoms. The van der Waals surface area contributed by atoms with Gasteiger partial charge in [0.1, 0.15) is 0 Å². The third-order valence-corrected chi connectivity index (χ3v) is 2.84. The second-order valence-electron chi connectivity index (χ2n) is 4.03. The molecular weight excluding hydrogens is 198 g/mol. The minimum atomic E-state index is -0.859. The van der Waals surface area contributed by atoms with Crippen molar-refractivity contribution in [1.82, 2.24) is 0 Å². The zero-order chi connectivity index (χ0) is 10.8. The highest BCUT2D eigenvalue weighted by atomic mass is 19.2. The zero-order valence-corrected chi connectivity index (χ0v) is 8.72. The Hall–Kier alpha value is -1.12. The molecule has 0 saturated heterocycles. The van der Waals surface area contributed by atoms with Crippen molar-refractivity contribution < 1.29 is 13.5 Å². The molecule has 0 aliphatic heterocycles. The van der Waals surface area contributed by atoms with Crippen LogP contribution in [0, 0.1) is 18.6 Å². The largest absolute Gasteiger partial charge is 0.487 e. The first-order chi connectivity index (χ1) is 7.18. The number of hydrogen-bond donors (Lipinski definition) is 0. The van der Waals surface area contributed by atoms with E-state index < -0.39 is 11.6 Å². The highest BCUT2D eigenvalue weighted by Gasteiger charge is 2.19. The highest BCUT2D eigenvalue weighted by Crippen LogP contribution is 2.28. The smallest absolute Gasteiger partial charge is 0.200 e. The average molecular weight is 212 g/mol. The lowest BCUT2D eigenvalue weighted by molar-refractivity contribution is 0.198. The van der Waals surface area contributed by atoms with Crippen LogP contribution in [0.2, 0.25) is 0 Å². The van der Waals surface area contributed by atoms with Crippen LogP contribution in [0.15, 0.2) is 12.1 Å². The van der Waals surface area contributed by atoms with E-state index in [4.69, 9.17) is 4.74 Å². The predicted molar refractivity (Wildman–Crippen MR) is 54.0 cm³/mol. The van der Waals surface area contributed by atoms with Gasteiger partial charge in [-0.2, -0.15) is 4.39 Å². The molecule has 1 aliphatic carbocycles. The first-order valence-electron chi connectivity index (χ1n) is 5.29. The second kappa shape index (κ2) is 4.17. The molecule has 1 nitrogen and oxygen atoms in total. The highest BCUT2D eigenvalue weighted by molar-refractivity contribution is 5.30. The lowest BCUT2D eigenvalue weighted by Gasteiger charge is -2.14. The van der Waals surface area contributed by atoms with Crippen molar-refractivity contribution in [2.75, 3.05) is 0 Å². The summed E-state index contributed by atoms with van der Waals surface area (Å²) in [4.78, 5) is 0. The molecule has 1 aromatic carbocycles. The molecule has 1 aliphatic rings. The summed E-state index contributed by atoms with van der Waals surface area (Å²) in [7, 11) is 0. The molecule has 0 unspecified atom stereocenters. The van der Waals surface area contributed by atoms with E-state index in [0.717, 1.165) is 25.7 Å². The molecule has 0 bridgehead atoms. The monoisotopic (exact) mass is 212 g/mol. The summed E-state index contributed by atoms with van der Waals surface area (Å²) in [6.07, 6.45) is 4.16. The third kappa shape index (κ3) is 2.11. The summed E-state index contributed by atoms with van der Waals surface area (Å²) < 4.78 is 32.1. The van der Waals surface area contributed by atoms with Crippen LogP contribution in [0.5, 0.6) is 5.75 Å². The molecule has 1 saturated carbocycles. The summed E-state index contributed by atoms with van der Waals surface area (Å²) in [5.74, 6) is -1.61. The standard InChI is InChI=1S/C12H14F2O/c1-8-6-7-10(12(14)11(8)13)15-9-4-2-3-5-9/h6-7,9H,2-5H2,1H3. The fourth-order valence-electron chi connectivity index (χ4n) is 1.91. The van der Waals surface area contributed by atoms with Crippen molar-refractivity contribution in [3.05, 3.63) is 29.3 Å². The Morgan fingerprint density at radius 1 is 1.13 bits per heavy atom. The van der Waals surface area contributed by atoms with Gasteiger partial charge in [0, 0.05) is 0 Å². The minimum Gasteiger partial charge on any atom is -0.487 e. The summed E-state index contributed by atoms with van der Waals surface area (Å²) >= 11 is 0. The summed E-state index contributed by atoms with van der Waals surface area (Å²) in [6, 6.07) is 3.05. The van der Waals surface area contributed by atoms with Gasteiger partial charge in [0.05, 0.1) is 6.10 Å². The van der Waals surface area contributed by atoms with Crippen LogP contribution < -0.4 is 4.74 Å². The van der Waals surface area contributed by atoms with Crippen LogP contribution >= 0.6 is 0 Å². The molecule has 0 N–H and O–H groups in total. The Balaban J connectivity index is 2.17. The van der Waals surface area contributed by atoms with E-state index in [9.17, 15) is 8.78 Å². The van der Waals surface area contributed by atoms with E-state index in [0.29, 0.717) is 5.56 Å². The van der Waals surface area contributed by atoms with Crippen LogP contribution in [0.3, 0.4) is 0 Å². The number of ether oxygens (including phenoxy) is 1. The van der Waals surface area contributed by atoms with Crippen molar-refractivity contribution >= 4 is 0 Å². The number of aryl methyl sites for hydroxylation is 1. The van der Waals surface area contributed by atoms with Gasteiger partial charge in [0.2, 0.25) is 5.82 Å². The second-order valence-corrected chi connectivity index (χ2v) is 4.03. The van der Waals surface area contributed by atoms with E-state index in [1.807, 2.05) is 0 Å². The normalized spacial score (nSPS) is 17.0. The Kier molecular flexibility index (Phi) is 2.89. The van der Waals surface area contributed by atoms with E-state index in [1.165, 1.54) is 13.0 Å². The maximum atomic E-state index is 13.4. The van der Waals surface area contributed by atoms with E-state index >= 15 is 0 Å². The molecule has 3 heteroatoms. The molecule has 0 heterocycles. The summed E-state index contributed by atoms with van der Waals surface area (Å²) in [5.41, 5.74) is 0.311. The Bertz CT molecular complexity index is 357. The molecule has 1 fully saturated rings. The van der Waals surface area contributed by atoms with Crippen molar-refractivity contribution in [1.29, 1.82) is 0 Å². The van der Waals surface area contributed by atoms with Gasteiger partial charge in [-0.3, -0.25) is 0 Å². The molecule has 0 amide bonds. The summed E-state index contributed by atoms with van der Waals surface area (Å²) in [6.45, 7) is 1.54. The minimum absolute atomic E-state index is 0.0463. The van der Waals surface area contributed by atoms with Gasteiger partial charge in [-0.05, 0) is 44.2 Å². The first kappa shape index (κ1) is 10.4. The van der Waals surface area contributed by atoms with Crippen LogP contribution in [-0.4, -0.2) is 6.10 Å². The van der Waals surface area contributed by atoms with Crippen LogP contribution in [0.4, 0.5) is 8.78 Å². The van der Waals surface area contributed by atoms with Gasteiger partial charge in [-0.25, -0.2) is 4.39 Å². The Labute approximate surface area is 88.1 Å². The van der Waals surface area contributed by atoms with E-state index in [-0.39, 0.29) is 11.9 Å². The molecule has 2 rings (SSSR count). The maximum Gasteiger partial charge on any atom is 0.200 e. The van der Waals surface area contributed by atoms with Crippen molar-refractivity contribution in [2.24, 2.45) is 0 Å². The van der Waals surface area contributed by atoms with E-state index in [1.54, 1.807) is 6.07 Å². The third-order valence-electron chi connectivity index (χ3n) is 2.84. The van der Waals surface area contributed by atoms with Crippen molar-refractivity contribution in [3.63, 3.8) is 0 Å². The fourth-order valence-corrected chi connectivity index (χ4v) is 1.91. The zero-order valence-electron chi connectivity index (χ0n) is 8.72. The molecule has 0 atom stereocenters. The van der Waals surface area contributed by atoms with E-state index in [2.05, 4.69) is 0 Å². The first-order valence-corrected chi connectivity index (χ1v) is 5.29. The number of rotatable bonds is 2. The van der Waals surface area contributed by atoms with Crippen molar-refractivity contribution in [2.45, 2.75) is 38.7 Å². The van der Waals surface area contributed by atoms with Crippen LogP contribution in [0.25, 0.3) is 0 Å². The SMILES string of the molecule is Cc1ccc(OC2CCCC2)c(F)c1F. The summed E-state index contributed by atoms with van der Waals surface area (Å²) in [5, 5.41) is 0. The van der Waals surface area contributed by atoms with Crippen LogP contribution in [-0.2, 0) is 0 Å². The molecule has 0 aromatic heterocycles. The molecule has 82 valence electrons. The number of hydrogen-bond acceptors (Lipinski definition) is 1. The average Bonchev–Trinajstić information content (AvgIpc) is 2.72. The molecular formula is C12H14F2O.